The summed E-state index contributed by atoms with van der Waals surface area (Å²) in [5, 5.41) is 3.63. The van der Waals surface area contributed by atoms with Gasteiger partial charge in [-0.2, -0.15) is 0 Å². The molecule has 0 amide bonds. The summed E-state index contributed by atoms with van der Waals surface area (Å²) in [4.78, 5) is 0. The van der Waals surface area contributed by atoms with E-state index in [0.29, 0.717) is 0 Å². The Morgan fingerprint density at radius 3 is 2.45 bits per heavy atom. The molecule has 1 heteroatoms. The lowest BCUT2D eigenvalue weighted by molar-refractivity contribution is 0.242. The monoisotopic (exact) mass is 155 g/mol. The highest BCUT2D eigenvalue weighted by atomic mass is 15.0. The fraction of sp³-hybridized carbons (Fsp3) is 1.00. The van der Waals surface area contributed by atoms with E-state index in [4.69, 9.17) is 0 Å². The van der Waals surface area contributed by atoms with E-state index in [2.05, 4.69) is 26.1 Å². The van der Waals surface area contributed by atoms with Crippen molar-refractivity contribution < 1.29 is 0 Å². The Hall–Kier alpha value is -0.0400. The van der Waals surface area contributed by atoms with Crippen molar-refractivity contribution in [2.24, 2.45) is 5.92 Å². The lowest BCUT2D eigenvalue weighted by Gasteiger charge is -2.33. The van der Waals surface area contributed by atoms with Gasteiger partial charge in [0.2, 0.25) is 0 Å². The first kappa shape index (κ1) is 9.05. The summed E-state index contributed by atoms with van der Waals surface area (Å²) < 4.78 is 0. The Labute approximate surface area is 70.6 Å². The van der Waals surface area contributed by atoms with Crippen LogP contribution in [0, 0.1) is 5.92 Å². The predicted octanol–water partition coefficient (Wildman–Crippen LogP) is 2.56. The average Bonchev–Trinajstić information content (AvgIpc) is 2.03. The summed E-state index contributed by atoms with van der Waals surface area (Å²) in [6.07, 6.45) is 5.44. The van der Waals surface area contributed by atoms with Gasteiger partial charge >= 0.3 is 0 Å². The van der Waals surface area contributed by atoms with E-state index < -0.39 is 0 Å². The molecule has 1 aliphatic rings. The molecule has 0 saturated carbocycles. The number of hydrogen-bond donors (Lipinski definition) is 1. The molecular formula is C10H21N. The molecule has 3 atom stereocenters. The van der Waals surface area contributed by atoms with E-state index in [-0.39, 0.29) is 0 Å². The molecule has 3 unspecified atom stereocenters. The van der Waals surface area contributed by atoms with Gasteiger partial charge in [-0.25, -0.2) is 0 Å². The topological polar surface area (TPSA) is 12.0 Å². The van der Waals surface area contributed by atoms with Crippen molar-refractivity contribution in [2.75, 3.05) is 0 Å². The van der Waals surface area contributed by atoms with Crippen LogP contribution in [0.15, 0.2) is 0 Å². The van der Waals surface area contributed by atoms with Gasteiger partial charge in [-0.15, -0.1) is 0 Å². The second-order valence-corrected chi connectivity index (χ2v) is 3.92. The molecule has 0 aliphatic carbocycles. The summed E-state index contributed by atoms with van der Waals surface area (Å²) in [5.41, 5.74) is 0. The van der Waals surface area contributed by atoms with E-state index in [0.717, 1.165) is 18.0 Å². The molecule has 0 aromatic heterocycles. The molecule has 0 aromatic rings. The molecule has 1 nitrogen and oxygen atoms in total. The van der Waals surface area contributed by atoms with E-state index in [9.17, 15) is 0 Å². The molecule has 1 aliphatic heterocycles. The summed E-state index contributed by atoms with van der Waals surface area (Å²) in [7, 11) is 0. The molecule has 0 bridgehead atoms. The van der Waals surface area contributed by atoms with Crippen LogP contribution in [-0.2, 0) is 0 Å². The zero-order valence-electron chi connectivity index (χ0n) is 8.06. The van der Waals surface area contributed by atoms with Crippen LogP contribution in [0.1, 0.15) is 46.5 Å². The van der Waals surface area contributed by atoms with Crippen molar-refractivity contribution in [1.29, 1.82) is 0 Å². The maximum atomic E-state index is 3.63. The lowest BCUT2D eigenvalue weighted by Crippen LogP contribution is -2.43. The fourth-order valence-corrected chi connectivity index (χ4v) is 2.15. The highest BCUT2D eigenvalue weighted by molar-refractivity contribution is 4.81. The predicted molar refractivity (Wildman–Crippen MR) is 49.7 cm³/mol. The van der Waals surface area contributed by atoms with Crippen LogP contribution >= 0.6 is 0 Å². The normalized spacial score (nSPS) is 39.0. The van der Waals surface area contributed by atoms with Crippen molar-refractivity contribution >= 4 is 0 Å². The van der Waals surface area contributed by atoms with Crippen LogP contribution in [-0.4, -0.2) is 12.1 Å². The number of hydrogen-bond acceptors (Lipinski definition) is 1. The average molecular weight is 155 g/mol. The van der Waals surface area contributed by atoms with Crippen molar-refractivity contribution in [3.8, 4) is 0 Å². The van der Waals surface area contributed by atoms with E-state index in [1.165, 1.54) is 25.7 Å². The minimum atomic E-state index is 0.749. The van der Waals surface area contributed by atoms with Crippen LogP contribution in [0.25, 0.3) is 0 Å². The summed E-state index contributed by atoms with van der Waals surface area (Å²) >= 11 is 0. The lowest BCUT2D eigenvalue weighted by atomic mass is 9.86. The van der Waals surface area contributed by atoms with Crippen LogP contribution in [0.3, 0.4) is 0 Å². The zero-order chi connectivity index (χ0) is 8.27. The summed E-state index contributed by atoms with van der Waals surface area (Å²) in [5.74, 6) is 0.983. The van der Waals surface area contributed by atoms with Gasteiger partial charge in [0.1, 0.15) is 0 Å². The van der Waals surface area contributed by atoms with Crippen molar-refractivity contribution in [2.45, 2.75) is 58.5 Å². The second kappa shape index (κ2) is 4.10. The Kier molecular flexibility index (Phi) is 3.38. The molecule has 11 heavy (non-hydrogen) atoms. The van der Waals surface area contributed by atoms with Gasteiger partial charge in [-0.1, -0.05) is 20.3 Å². The number of rotatable bonds is 2. The smallest absolute Gasteiger partial charge is 0.00695 e. The molecule has 66 valence electrons. The standard InChI is InChI=1S/C10H21N/c1-4-9-6-8(3)11-10(5-2)7-9/h8-11H,4-7H2,1-3H3. The van der Waals surface area contributed by atoms with Crippen molar-refractivity contribution in [3.63, 3.8) is 0 Å². The minimum Gasteiger partial charge on any atom is -0.311 e. The van der Waals surface area contributed by atoms with Crippen LogP contribution in [0.2, 0.25) is 0 Å². The van der Waals surface area contributed by atoms with Gasteiger partial charge in [0.25, 0.3) is 0 Å². The Bertz CT molecular complexity index is 99.4. The molecule has 1 N–H and O–H groups in total. The molecular weight excluding hydrogens is 134 g/mol. The van der Waals surface area contributed by atoms with E-state index in [1.54, 1.807) is 0 Å². The van der Waals surface area contributed by atoms with Gasteiger partial charge < -0.3 is 5.32 Å². The Balaban J connectivity index is 2.37. The van der Waals surface area contributed by atoms with Crippen LogP contribution in [0.4, 0.5) is 0 Å². The number of nitrogens with one attached hydrogen (secondary N) is 1. The van der Waals surface area contributed by atoms with Crippen LogP contribution in [0.5, 0.6) is 0 Å². The largest absolute Gasteiger partial charge is 0.311 e. The minimum absolute atomic E-state index is 0.749. The third kappa shape index (κ3) is 2.48. The zero-order valence-corrected chi connectivity index (χ0v) is 8.06. The summed E-state index contributed by atoms with van der Waals surface area (Å²) in [6.45, 7) is 6.91. The van der Waals surface area contributed by atoms with Crippen molar-refractivity contribution in [3.05, 3.63) is 0 Å². The molecule has 1 rings (SSSR count). The highest BCUT2D eigenvalue weighted by Gasteiger charge is 2.22. The van der Waals surface area contributed by atoms with Gasteiger partial charge in [-0.3, -0.25) is 0 Å². The SMILES string of the molecule is CCC1CC(C)NC(CC)C1. The third-order valence-electron chi connectivity index (χ3n) is 2.90. The Morgan fingerprint density at radius 2 is 1.91 bits per heavy atom. The molecule has 1 fully saturated rings. The summed E-state index contributed by atoms with van der Waals surface area (Å²) in [6, 6.07) is 1.54. The van der Waals surface area contributed by atoms with Gasteiger partial charge in [-0.05, 0) is 32.1 Å². The van der Waals surface area contributed by atoms with Gasteiger partial charge in [0.15, 0.2) is 0 Å². The maximum Gasteiger partial charge on any atom is 0.00695 e. The van der Waals surface area contributed by atoms with Gasteiger partial charge in [0, 0.05) is 12.1 Å². The maximum absolute atomic E-state index is 3.63. The third-order valence-corrected chi connectivity index (χ3v) is 2.90. The highest BCUT2D eigenvalue weighted by Crippen LogP contribution is 2.23. The first-order valence-corrected chi connectivity index (χ1v) is 5.02. The van der Waals surface area contributed by atoms with Crippen molar-refractivity contribution in [1.82, 2.24) is 5.32 Å². The van der Waals surface area contributed by atoms with E-state index in [1.807, 2.05) is 0 Å². The quantitative estimate of drug-likeness (QED) is 0.646. The van der Waals surface area contributed by atoms with Gasteiger partial charge in [0.05, 0.1) is 0 Å². The molecule has 1 saturated heterocycles. The fourth-order valence-electron chi connectivity index (χ4n) is 2.15. The Morgan fingerprint density at radius 1 is 1.18 bits per heavy atom. The van der Waals surface area contributed by atoms with Crippen LogP contribution < -0.4 is 5.32 Å². The second-order valence-electron chi connectivity index (χ2n) is 3.92. The molecule has 0 radical (unpaired) electrons. The first-order valence-electron chi connectivity index (χ1n) is 5.02. The molecule has 1 heterocycles. The molecule has 0 aromatic carbocycles. The first-order chi connectivity index (χ1) is 5.26. The molecule has 0 spiro atoms. The number of piperidine rings is 1. The van der Waals surface area contributed by atoms with E-state index >= 15 is 0 Å².